The highest BCUT2D eigenvalue weighted by atomic mass is 32.1. The highest BCUT2D eigenvalue weighted by Gasteiger charge is 2.07. The van der Waals surface area contributed by atoms with Crippen molar-refractivity contribution >= 4 is 39.2 Å². The molecule has 0 bridgehead atoms. The predicted octanol–water partition coefficient (Wildman–Crippen LogP) is 3.79. The van der Waals surface area contributed by atoms with Gasteiger partial charge in [-0.15, -0.1) is 0 Å². The molecule has 0 unspecified atom stereocenters. The molecule has 8 heteroatoms. The normalized spacial score (nSPS) is 12.1. The van der Waals surface area contributed by atoms with E-state index in [2.05, 4.69) is 4.99 Å². The fourth-order valence-corrected chi connectivity index (χ4v) is 3.69. The van der Waals surface area contributed by atoms with Gasteiger partial charge in [-0.2, -0.15) is 4.99 Å². The zero-order valence-corrected chi connectivity index (χ0v) is 16.1. The zero-order chi connectivity index (χ0) is 19.9. The molecule has 144 valence electrons. The number of aromatic nitrogens is 1. The molecule has 2 aromatic carbocycles. The van der Waals surface area contributed by atoms with Gasteiger partial charge in [0.15, 0.2) is 4.80 Å². The van der Waals surface area contributed by atoms with Crippen LogP contribution in [-0.4, -0.2) is 28.6 Å². The third kappa shape index (κ3) is 4.79. The number of nitrogens with zero attached hydrogens (tertiary/aromatic N) is 3. The maximum Gasteiger partial charge on any atom is 0.272 e. The van der Waals surface area contributed by atoms with E-state index in [-0.39, 0.29) is 5.69 Å². The van der Waals surface area contributed by atoms with E-state index >= 15 is 0 Å². The molecule has 0 saturated carbocycles. The number of hydrogen-bond acceptors (Lipinski definition) is 5. The minimum atomic E-state index is -0.462. The molecule has 3 rings (SSSR count). The molecule has 0 atom stereocenters. The van der Waals surface area contributed by atoms with Crippen molar-refractivity contribution in [2.75, 3.05) is 13.2 Å². The van der Waals surface area contributed by atoms with E-state index < -0.39 is 10.8 Å². The van der Waals surface area contributed by atoms with Crippen LogP contribution in [0.4, 0.5) is 5.69 Å². The van der Waals surface area contributed by atoms with Crippen molar-refractivity contribution in [2.24, 2.45) is 4.99 Å². The summed E-state index contributed by atoms with van der Waals surface area (Å²) in [6, 6.07) is 13.9. The Morgan fingerprint density at radius 2 is 2.00 bits per heavy atom. The highest BCUT2D eigenvalue weighted by Crippen LogP contribution is 2.17. The van der Waals surface area contributed by atoms with Crippen molar-refractivity contribution < 1.29 is 14.5 Å². The molecule has 1 aromatic heterocycles. The van der Waals surface area contributed by atoms with Crippen molar-refractivity contribution in [3.8, 4) is 0 Å². The molecule has 0 aliphatic carbocycles. The summed E-state index contributed by atoms with van der Waals surface area (Å²) in [7, 11) is 0. The molecule has 0 saturated heterocycles. The number of nitro groups is 1. The summed E-state index contributed by atoms with van der Waals surface area (Å²) in [5.74, 6) is -0.393. The predicted molar refractivity (Wildman–Crippen MR) is 109 cm³/mol. The van der Waals surface area contributed by atoms with Crippen LogP contribution in [0.15, 0.2) is 59.6 Å². The SMILES string of the molecule is CCOCCn1c(=NC(=O)C=Cc2ccc([N+](=O)[O-])cc2)sc2ccccc21. The Balaban J connectivity index is 1.85. The van der Waals surface area contributed by atoms with Gasteiger partial charge in [-0.3, -0.25) is 14.9 Å². The molecule has 0 fully saturated rings. The van der Waals surface area contributed by atoms with Gasteiger partial charge >= 0.3 is 0 Å². The number of para-hydroxylation sites is 1. The van der Waals surface area contributed by atoms with Gasteiger partial charge in [0.1, 0.15) is 0 Å². The van der Waals surface area contributed by atoms with Gasteiger partial charge in [0, 0.05) is 31.4 Å². The molecule has 3 aromatic rings. The molecule has 0 aliphatic rings. The zero-order valence-electron chi connectivity index (χ0n) is 15.3. The number of carbonyl (C=O) groups is 1. The molecule has 0 spiro atoms. The number of ether oxygens (including phenoxy) is 1. The second-order valence-electron chi connectivity index (χ2n) is 5.83. The van der Waals surface area contributed by atoms with E-state index in [1.165, 1.54) is 29.5 Å². The average molecular weight is 397 g/mol. The third-order valence-corrected chi connectivity index (χ3v) is 5.04. The lowest BCUT2D eigenvalue weighted by atomic mass is 10.2. The molecule has 0 N–H and O–H groups in total. The molecule has 1 amide bonds. The second kappa shape index (κ2) is 9.20. The van der Waals surface area contributed by atoms with Gasteiger partial charge in [0.25, 0.3) is 11.6 Å². The standard InChI is InChI=1S/C20H19N3O4S/c1-2-27-14-13-22-17-5-3-4-6-18(17)28-20(22)21-19(24)12-9-15-7-10-16(11-8-15)23(25)26/h3-12H,2,13-14H2,1H3. The third-order valence-electron chi connectivity index (χ3n) is 3.98. The molecular weight excluding hydrogens is 378 g/mol. The van der Waals surface area contributed by atoms with E-state index in [9.17, 15) is 14.9 Å². The second-order valence-corrected chi connectivity index (χ2v) is 6.84. The Morgan fingerprint density at radius 3 is 2.71 bits per heavy atom. The first-order valence-electron chi connectivity index (χ1n) is 8.76. The summed E-state index contributed by atoms with van der Waals surface area (Å²) in [6.45, 7) is 3.72. The van der Waals surface area contributed by atoms with Crippen LogP contribution in [0.2, 0.25) is 0 Å². The molecule has 0 radical (unpaired) electrons. The monoisotopic (exact) mass is 397 g/mol. The molecule has 28 heavy (non-hydrogen) atoms. The fraction of sp³-hybridized carbons (Fsp3) is 0.200. The number of fused-ring (bicyclic) bond motifs is 1. The lowest BCUT2D eigenvalue weighted by Gasteiger charge is -2.04. The lowest BCUT2D eigenvalue weighted by molar-refractivity contribution is -0.384. The number of amides is 1. The van der Waals surface area contributed by atoms with E-state index in [4.69, 9.17) is 4.74 Å². The number of benzene rings is 2. The Kier molecular flexibility index (Phi) is 6.46. The summed E-state index contributed by atoms with van der Waals surface area (Å²) in [6.07, 6.45) is 2.95. The maximum absolute atomic E-state index is 12.3. The van der Waals surface area contributed by atoms with Gasteiger partial charge in [0.2, 0.25) is 0 Å². The van der Waals surface area contributed by atoms with Gasteiger partial charge in [-0.1, -0.05) is 23.5 Å². The Labute approximate surface area is 165 Å². The first-order valence-corrected chi connectivity index (χ1v) is 9.57. The van der Waals surface area contributed by atoms with Crippen LogP contribution in [-0.2, 0) is 16.1 Å². The fourth-order valence-electron chi connectivity index (χ4n) is 2.63. The number of carbonyl (C=O) groups excluding carboxylic acids is 1. The van der Waals surface area contributed by atoms with Crippen LogP contribution in [0.25, 0.3) is 16.3 Å². The number of nitro benzene ring substituents is 1. The van der Waals surface area contributed by atoms with Crippen molar-refractivity contribution in [3.63, 3.8) is 0 Å². The number of non-ortho nitro benzene ring substituents is 1. The lowest BCUT2D eigenvalue weighted by Crippen LogP contribution is -2.19. The average Bonchev–Trinajstić information content (AvgIpc) is 3.04. The van der Waals surface area contributed by atoms with Crippen LogP contribution < -0.4 is 4.80 Å². The van der Waals surface area contributed by atoms with E-state index in [1.54, 1.807) is 18.2 Å². The van der Waals surface area contributed by atoms with Crippen molar-refractivity contribution in [1.82, 2.24) is 4.57 Å². The smallest absolute Gasteiger partial charge is 0.272 e. The Morgan fingerprint density at radius 1 is 1.25 bits per heavy atom. The number of rotatable bonds is 7. The molecule has 0 aliphatic heterocycles. The number of thiazole rings is 1. The van der Waals surface area contributed by atoms with E-state index in [0.29, 0.717) is 30.1 Å². The van der Waals surface area contributed by atoms with Gasteiger partial charge in [-0.25, -0.2) is 0 Å². The minimum absolute atomic E-state index is 0.00813. The minimum Gasteiger partial charge on any atom is -0.380 e. The van der Waals surface area contributed by atoms with Gasteiger partial charge in [0.05, 0.1) is 21.7 Å². The van der Waals surface area contributed by atoms with Gasteiger partial charge in [-0.05, 0) is 42.8 Å². The van der Waals surface area contributed by atoms with E-state index in [1.807, 2.05) is 35.8 Å². The van der Waals surface area contributed by atoms with Crippen molar-refractivity contribution in [2.45, 2.75) is 13.5 Å². The van der Waals surface area contributed by atoms with Gasteiger partial charge < -0.3 is 9.30 Å². The summed E-state index contributed by atoms with van der Waals surface area (Å²) in [5, 5.41) is 10.7. The van der Waals surface area contributed by atoms with Crippen LogP contribution >= 0.6 is 11.3 Å². The maximum atomic E-state index is 12.3. The molecule has 1 heterocycles. The largest absolute Gasteiger partial charge is 0.380 e. The van der Waals surface area contributed by atoms with Crippen molar-refractivity contribution in [3.05, 3.63) is 75.1 Å². The first kappa shape index (κ1) is 19.7. The van der Waals surface area contributed by atoms with Crippen LogP contribution in [0.1, 0.15) is 12.5 Å². The Bertz CT molecular complexity index is 1080. The van der Waals surface area contributed by atoms with Crippen LogP contribution in [0, 0.1) is 10.1 Å². The molecular formula is C20H19N3O4S. The Hall–Kier alpha value is -3.10. The molecule has 7 nitrogen and oxygen atoms in total. The van der Waals surface area contributed by atoms with Crippen molar-refractivity contribution in [1.29, 1.82) is 0 Å². The topological polar surface area (TPSA) is 86.7 Å². The summed E-state index contributed by atoms with van der Waals surface area (Å²) >= 11 is 1.45. The summed E-state index contributed by atoms with van der Waals surface area (Å²) in [5.41, 5.74) is 1.71. The van der Waals surface area contributed by atoms with E-state index in [0.717, 1.165) is 10.2 Å². The summed E-state index contributed by atoms with van der Waals surface area (Å²) < 4.78 is 8.47. The number of hydrogen-bond donors (Lipinski definition) is 0. The summed E-state index contributed by atoms with van der Waals surface area (Å²) in [4.78, 5) is 27.4. The first-order chi connectivity index (χ1) is 13.6. The van der Waals surface area contributed by atoms with Crippen LogP contribution in [0.3, 0.4) is 0 Å². The van der Waals surface area contributed by atoms with Crippen LogP contribution in [0.5, 0.6) is 0 Å². The highest BCUT2D eigenvalue weighted by molar-refractivity contribution is 7.16. The quantitative estimate of drug-likeness (QED) is 0.263.